The number of carbonyl (C=O) groups is 1. The van der Waals surface area contributed by atoms with Crippen LogP contribution in [0.25, 0.3) is 0 Å². The third-order valence-corrected chi connectivity index (χ3v) is 2.62. The van der Waals surface area contributed by atoms with E-state index in [1.54, 1.807) is 0 Å². The van der Waals surface area contributed by atoms with Crippen molar-refractivity contribution in [3.8, 4) is 6.07 Å². The molecule has 1 atom stereocenters. The summed E-state index contributed by atoms with van der Waals surface area (Å²) in [5.74, 6) is 0.119. The van der Waals surface area contributed by atoms with E-state index in [1.807, 2.05) is 13.8 Å². The Bertz CT molecular complexity index is 255. The quantitative estimate of drug-likeness (QED) is 0.646. The van der Waals surface area contributed by atoms with Crippen molar-refractivity contribution >= 4 is 5.91 Å². The number of nitrogens with one attached hydrogen (secondary N) is 2. The maximum Gasteiger partial charge on any atom is 0.220 e. The summed E-state index contributed by atoms with van der Waals surface area (Å²) in [4.78, 5) is 11.2. The van der Waals surface area contributed by atoms with Gasteiger partial charge in [-0.15, -0.1) is 0 Å². The highest BCUT2D eigenvalue weighted by Crippen LogP contribution is 2.19. The highest BCUT2D eigenvalue weighted by atomic mass is 16.1. The lowest BCUT2D eigenvalue weighted by Gasteiger charge is -2.39. The lowest BCUT2D eigenvalue weighted by Crippen LogP contribution is -2.61. The van der Waals surface area contributed by atoms with Crippen LogP contribution in [-0.4, -0.2) is 24.0 Å². The average molecular weight is 195 g/mol. The molecule has 0 aromatic rings. The Balaban J connectivity index is 2.44. The van der Waals surface area contributed by atoms with Crippen LogP contribution in [0.3, 0.4) is 0 Å². The SMILES string of the molecule is CC1(C)NC(=O)CCC1NCCC#N. The molecule has 1 aliphatic heterocycles. The lowest BCUT2D eigenvalue weighted by atomic mass is 9.87. The van der Waals surface area contributed by atoms with E-state index >= 15 is 0 Å². The molecular formula is C10H17N3O. The number of rotatable bonds is 3. The van der Waals surface area contributed by atoms with E-state index in [0.717, 1.165) is 6.42 Å². The summed E-state index contributed by atoms with van der Waals surface area (Å²) in [5, 5.41) is 14.7. The summed E-state index contributed by atoms with van der Waals surface area (Å²) in [5.41, 5.74) is -0.204. The summed E-state index contributed by atoms with van der Waals surface area (Å²) in [6.45, 7) is 4.71. The second kappa shape index (κ2) is 4.43. The van der Waals surface area contributed by atoms with Crippen molar-refractivity contribution in [1.29, 1.82) is 5.26 Å². The van der Waals surface area contributed by atoms with Gasteiger partial charge >= 0.3 is 0 Å². The highest BCUT2D eigenvalue weighted by Gasteiger charge is 2.34. The molecule has 4 nitrogen and oxygen atoms in total. The van der Waals surface area contributed by atoms with E-state index in [2.05, 4.69) is 16.7 Å². The Kier molecular flexibility index (Phi) is 3.48. The summed E-state index contributed by atoms with van der Waals surface area (Å²) in [6.07, 6.45) is 1.94. The van der Waals surface area contributed by atoms with Crippen LogP contribution < -0.4 is 10.6 Å². The molecule has 1 amide bonds. The van der Waals surface area contributed by atoms with Crippen LogP contribution in [0.2, 0.25) is 0 Å². The number of carbonyl (C=O) groups excluding carboxylic acids is 1. The minimum atomic E-state index is -0.204. The number of nitrogens with zero attached hydrogens (tertiary/aromatic N) is 1. The number of hydrogen-bond donors (Lipinski definition) is 2. The van der Waals surface area contributed by atoms with Crippen molar-refractivity contribution in [1.82, 2.24) is 10.6 Å². The zero-order chi connectivity index (χ0) is 10.6. The Hall–Kier alpha value is -1.08. The average Bonchev–Trinajstić information content (AvgIpc) is 2.08. The first-order chi connectivity index (χ1) is 6.56. The fourth-order valence-electron chi connectivity index (χ4n) is 1.80. The van der Waals surface area contributed by atoms with Gasteiger partial charge in [0.1, 0.15) is 0 Å². The van der Waals surface area contributed by atoms with Gasteiger partial charge in [0.2, 0.25) is 5.91 Å². The third kappa shape index (κ3) is 2.71. The Labute approximate surface area is 84.7 Å². The van der Waals surface area contributed by atoms with Crippen LogP contribution in [0, 0.1) is 11.3 Å². The largest absolute Gasteiger partial charge is 0.350 e. The molecule has 0 saturated carbocycles. The third-order valence-electron chi connectivity index (χ3n) is 2.62. The Morgan fingerprint density at radius 1 is 1.71 bits per heavy atom. The summed E-state index contributed by atoms with van der Waals surface area (Å²) >= 11 is 0. The zero-order valence-electron chi connectivity index (χ0n) is 8.76. The molecule has 4 heteroatoms. The minimum absolute atomic E-state index is 0.119. The molecule has 1 aliphatic rings. The number of hydrogen-bond acceptors (Lipinski definition) is 3. The molecule has 1 unspecified atom stereocenters. The normalized spacial score (nSPS) is 25.2. The second-order valence-electron chi connectivity index (χ2n) is 4.22. The van der Waals surface area contributed by atoms with Gasteiger partial charge in [-0.3, -0.25) is 4.79 Å². The van der Waals surface area contributed by atoms with E-state index in [-0.39, 0.29) is 17.5 Å². The first-order valence-corrected chi connectivity index (χ1v) is 4.97. The predicted molar refractivity (Wildman–Crippen MR) is 53.5 cm³/mol. The van der Waals surface area contributed by atoms with Gasteiger partial charge in [0, 0.05) is 31.0 Å². The summed E-state index contributed by atoms with van der Waals surface area (Å²) in [6, 6.07) is 2.37. The lowest BCUT2D eigenvalue weighted by molar-refractivity contribution is -0.125. The molecule has 78 valence electrons. The molecule has 0 radical (unpaired) electrons. The van der Waals surface area contributed by atoms with Gasteiger partial charge in [0.15, 0.2) is 0 Å². The van der Waals surface area contributed by atoms with Crippen molar-refractivity contribution in [3.63, 3.8) is 0 Å². The predicted octanol–water partition coefficient (Wildman–Crippen LogP) is 0.547. The van der Waals surface area contributed by atoms with Crippen LogP contribution >= 0.6 is 0 Å². The van der Waals surface area contributed by atoms with Crippen molar-refractivity contribution in [2.75, 3.05) is 6.54 Å². The van der Waals surface area contributed by atoms with E-state index in [9.17, 15) is 4.79 Å². The van der Waals surface area contributed by atoms with Gasteiger partial charge in [-0.05, 0) is 20.3 Å². The Morgan fingerprint density at radius 2 is 2.43 bits per heavy atom. The molecule has 1 fully saturated rings. The van der Waals surface area contributed by atoms with Crippen molar-refractivity contribution in [2.45, 2.75) is 44.7 Å². The second-order valence-corrected chi connectivity index (χ2v) is 4.22. The monoisotopic (exact) mass is 195 g/mol. The minimum Gasteiger partial charge on any atom is -0.350 e. The topological polar surface area (TPSA) is 64.9 Å². The molecule has 0 spiro atoms. The van der Waals surface area contributed by atoms with Crippen LogP contribution in [-0.2, 0) is 4.79 Å². The smallest absolute Gasteiger partial charge is 0.220 e. The first kappa shape index (κ1) is 11.0. The molecule has 0 aromatic carbocycles. The van der Waals surface area contributed by atoms with Gasteiger partial charge in [0.05, 0.1) is 6.07 Å². The standard InChI is InChI=1S/C10H17N3O/c1-10(2)8(12-7-3-6-11)4-5-9(14)13-10/h8,12H,3-5,7H2,1-2H3,(H,13,14). The fourth-order valence-corrected chi connectivity index (χ4v) is 1.80. The van der Waals surface area contributed by atoms with Crippen LogP contribution in [0.1, 0.15) is 33.1 Å². The van der Waals surface area contributed by atoms with Gasteiger partial charge in [0.25, 0.3) is 0 Å². The molecule has 0 bridgehead atoms. The fraction of sp³-hybridized carbons (Fsp3) is 0.800. The molecule has 1 heterocycles. The van der Waals surface area contributed by atoms with Crippen LogP contribution in [0.5, 0.6) is 0 Å². The van der Waals surface area contributed by atoms with E-state index in [4.69, 9.17) is 5.26 Å². The van der Waals surface area contributed by atoms with Crippen molar-refractivity contribution < 1.29 is 4.79 Å². The summed E-state index contributed by atoms with van der Waals surface area (Å²) < 4.78 is 0. The molecular weight excluding hydrogens is 178 g/mol. The van der Waals surface area contributed by atoms with E-state index < -0.39 is 0 Å². The molecule has 1 rings (SSSR count). The number of piperidine rings is 1. The van der Waals surface area contributed by atoms with Gasteiger partial charge in [-0.2, -0.15) is 5.26 Å². The molecule has 0 aliphatic carbocycles. The number of amides is 1. The summed E-state index contributed by atoms with van der Waals surface area (Å²) in [7, 11) is 0. The maximum atomic E-state index is 11.2. The molecule has 0 aromatic heterocycles. The van der Waals surface area contributed by atoms with Gasteiger partial charge in [-0.25, -0.2) is 0 Å². The molecule has 2 N–H and O–H groups in total. The van der Waals surface area contributed by atoms with Crippen LogP contribution in [0.15, 0.2) is 0 Å². The van der Waals surface area contributed by atoms with Gasteiger partial charge < -0.3 is 10.6 Å². The highest BCUT2D eigenvalue weighted by molar-refractivity contribution is 5.77. The zero-order valence-corrected chi connectivity index (χ0v) is 8.76. The van der Waals surface area contributed by atoms with Crippen molar-refractivity contribution in [3.05, 3.63) is 0 Å². The molecule has 14 heavy (non-hydrogen) atoms. The first-order valence-electron chi connectivity index (χ1n) is 4.97. The number of nitriles is 1. The molecule has 1 saturated heterocycles. The van der Waals surface area contributed by atoms with Crippen LogP contribution in [0.4, 0.5) is 0 Å². The Morgan fingerprint density at radius 3 is 3.00 bits per heavy atom. The van der Waals surface area contributed by atoms with E-state index in [1.165, 1.54) is 0 Å². The maximum absolute atomic E-state index is 11.2. The van der Waals surface area contributed by atoms with E-state index in [0.29, 0.717) is 19.4 Å². The van der Waals surface area contributed by atoms with Crippen molar-refractivity contribution in [2.24, 2.45) is 0 Å². The van der Waals surface area contributed by atoms with Gasteiger partial charge in [-0.1, -0.05) is 0 Å².